The highest BCUT2D eigenvalue weighted by Crippen LogP contribution is 2.39. The Morgan fingerprint density at radius 2 is 1.08 bits per heavy atom. The molecule has 0 atom stereocenters. The molecule has 546 valence electrons. The summed E-state index contributed by atoms with van der Waals surface area (Å²) >= 11 is 1.53. The molecule has 0 aliphatic carbocycles. The molecule has 0 saturated heterocycles. The third kappa shape index (κ3) is 18.0. The number of rotatable bonds is 19. The van der Waals surface area contributed by atoms with Crippen LogP contribution in [-0.4, -0.2) is 88.2 Å². The number of para-hydroxylation sites is 1. The molecule has 0 unspecified atom stereocenters. The summed E-state index contributed by atoms with van der Waals surface area (Å²) in [5.41, 5.74) is 13.0. The van der Waals surface area contributed by atoms with Gasteiger partial charge in [-0.05, 0) is 205 Å². The number of nitrogens with zero attached hydrogens (tertiary/aromatic N) is 5. The smallest absolute Gasteiger partial charge is 0.373 e. The number of carbonyl (C=O) groups is 1. The maximum Gasteiger partial charge on any atom is 0.373 e. The second-order valence-corrected chi connectivity index (χ2v) is 25.4. The van der Waals surface area contributed by atoms with E-state index in [4.69, 9.17) is 52.1 Å². The lowest BCUT2D eigenvalue weighted by atomic mass is 9.99. The molecule has 3 heterocycles. The second-order valence-electron chi connectivity index (χ2n) is 24.3. The van der Waals surface area contributed by atoms with Crippen LogP contribution >= 0.6 is 11.3 Å². The van der Waals surface area contributed by atoms with Gasteiger partial charge in [-0.1, -0.05) is 80.2 Å². The van der Waals surface area contributed by atoms with Crippen molar-refractivity contribution in [2.75, 3.05) is 28.4 Å². The first-order chi connectivity index (χ1) is 51.9. The number of phenols is 1. The van der Waals surface area contributed by atoms with Crippen molar-refractivity contribution in [3.63, 3.8) is 0 Å². The van der Waals surface area contributed by atoms with Gasteiger partial charge in [-0.2, -0.15) is 9.59 Å². The van der Waals surface area contributed by atoms with Crippen LogP contribution < -0.4 is 34.9 Å². The second kappa shape index (κ2) is 35.6. The van der Waals surface area contributed by atoms with Gasteiger partial charge in [0, 0.05) is 52.4 Å². The van der Waals surface area contributed by atoms with Crippen LogP contribution in [0.4, 0.5) is 11.4 Å². The molecule has 108 heavy (non-hydrogen) atoms. The standard InChI is InChI=1S/C32H24N2O8.C28H26N2O2.C24H21NO4S.CO2.CH4/c1-17-10-24-27(14-28(17)39-2)34-29(41-31(24)37)18-6-8-22(9-7-18)40-23-5-3-4-19(11-23)30-33-26-13-21(16-36)20(15-35)12-25(26)32(38)42-30;1-19-10-12-21(14-23(19)18-31)16-29-26-8-4-7-25-24(26)6-5-9-27(25)30-17-22-13-11-20(2)28(15-22)32-3;1-14-10-16(13-21(28-2)23(14)29-3)19(26)11-15-8-9-17(20(27)12-15)24-25-18-6-4-5-7-22(18)30-24;2-1-3;/h3-14,35-36H,15-16H2,1-2H3;4-17,31H,18H2,1-3H3;4-10,12-13,27H,11H2,1-3H3;;1H4. The average molecular weight is 1470 g/mol. The van der Waals surface area contributed by atoms with Gasteiger partial charge in [0.15, 0.2) is 17.3 Å². The summed E-state index contributed by atoms with van der Waals surface area (Å²) in [6.45, 7) is 7.13. The molecule has 0 aliphatic rings. The third-order valence-corrected chi connectivity index (χ3v) is 18.4. The SMILES string of the molecule is C.COc1cc(C(=O)Cc2ccc(-c3nc4ccccc4s3)c(O)c2)cc(C)c1OC.COc1cc(C=Nc2cccc3c(N=Cc4ccc(C)c(CO)c4)cccc23)ccc1C.COc1cc2nc(-c3ccc(Oc4cccc(-c5nc6cc(CO)c(CO)cc6c(=O)o5)c4)cc3)oc(=O)c2cc1C.O=C=O. The van der Waals surface area contributed by atoms with Crippen molar-refractivity contribution in [3.05, 3.63) is 282 Å². The molecular weight excluding hydrogens is 1390 g/mol. The molecule has 3 aromatic heterocycles. The van der Waals surface area contributed by atoms with Crippen LogP contribution in [0.25, 0.3) is 76.3 Å². The van der Waals surface area contributed by atoms with E-state index < -0.39 is 11.3 Å². The maximum atomic E-state index is 12.8. The molecule has 0 amide bonds. The van der Waals surface area contributed by atoms with Crippen molar-refractivity contribution >= 4 is 89.9 Å². The van der Waals surface area contributed by atoms with Gasteiger partial charge in [0.25, 0.3) is 0 Å². The fraction of sp³-hybridized carbons (Fsp3) is 0.151. The number of benzene rings is 11. The number of hydrogen-bond acceptors (Lipinski definition) is 22. The minimum absolute atomic E-state index is 0. The highest BCUT2D eigenvalue weighted by Gasteiger charge is 2.19. The van der Waals surface area contributed by atoms with Crippen LogP contribution in [0.5, 0.6) is 40.2 Å². The number of thiazole rings is 1. The van der Waals surface area contributed by atoms with E-state index in [1.165, 1.54) is 17.4 Å². The molecule has 0 saturated carbocycles. The minimum atomic E-state index is -0.612. The zero-order valence-electron chi connectivity index (χ0n) is 59.4. The van der Waals surface area contributed by atoms with E-state index in [1.807, 2.05) is 137 Å². The molecule has 0 bridgehead atoms. The van der Waals surface area contributed by atoms with Crippen LogP contribution in [-0.2, 0) is 35.8 Å². The van der Waals surface area contributed by atoms with E-state index in [9.17, 15) is 34.8 Å². The van der Waals surface area contributed by atoms with Crippen LogP contribution in [0.2, 0.25) is 0 Å². The van der Waals surface area contributed by atoms with Gasteiger partial charge in [-0.3, -0.25) is 14.8 Å². The number of ether oxygens (including phenoxy) is 5. The number of aliphatic hydroxyl groups is 3. The fourth-order valence-electron chi connectivity index (χ4n) is 11.8. The normalized spacial score (nSPS) is 10.9. The number of carbonyl (C=O) groups excluding carboxylic acids is 3. The van der Waals surface area contributed by atoms with Gasteiger partial charge in [-0.25, -0.2) is 24.5 Å². The Morgan fingerprint density at radius 1 is 0.500 bits per heavy atom. The molecule has 14 aromatic rings. The Balaban J connectivity index is 0.000000172. The number of phenolic OH excluding ortho intramolecular Hbond substituents is 1. The van der Waals surface area contributed by atoms with Crippen molar-refractivity contribution in [2.45, 2.75) is 61.4 Å². The average Bonchev–Trinajstić information content (AvgIpc) is 0.946. The van der Waals surface area contributed by atoms with Gasteiger partial charge in [-0.15, -0.1) is 11.3 Å². The van der Waals surface area contributed by atoms with Gasteiger partial charge in [0.05, 0.1) is 97.2 Å². The summed E-state index contributed by atoms with van der Waals surface area (Å²) in [6, 6.07) is 61.0. The Bertz CT molecular complexity index is 5730. The van der Waals surface area contributed by atoms with Crippen molar-refractivity contribution in [2.24, 2.45) is 9.98 Å². The predicted octanol–water partition coefficient (Wildman–Crippen LogP) is 17.0. The zero-order valence-corrected chi connectivity index (χ0v) is 60.2. The molecular formula is C86H75N5O16S. The van der Waals surface area contributed by atoms with Gasteiger partial charge in [0.2, 0.25) is 11.8 Å². The van der Waals surface area contributed by atoms with E-state index in [0.29, 0.717) is 78.5 Å². The molecule has 4 N–H and O–H groups in total. The number of ketones is 1. The van der Waals surface area contributed by atoms with E-state index in [-0.39, 0.29) is 68.5 Å². The summed E-state index contributed by atoms with van der Waals surface area (Å²) < 4.78 is 39.5. The molecule has 0 aliphatic heterocycles. The highest BCUT2D eigenvalue weighted by atomic mass is 32.1. The quantitative estimate of drug-likeness (QED) is 0.0432. The van der Waals surface area contributed by atoms with Crippen molar-refractivity contribution < 1.29 is 67.3 Å². The number of methoxy groups -OCH3 is 4. The monoisotopic (exact) mass is 1470 g/mol. The lowest BCUT2D eigenvalue weighted by Crippen LogP contribution is -2.06. The van der Waals surface area contributed by atoms with E-state index in [0.717, 1.165) is 87.6 Å². The van der Waals surface area contributed by atoms with E-state index in [2.05, 4.69) is 27.1 Å². The molecule has 0 fully saturated rings. The first-order valence-corrected chi connectivity index (χ1v) is 34.1. The molecule has 0 spiro atoms. The van der Waals surface area contributed by atoms with Crippen molar-refractivity contribution in [3.8, 4) is 73.7 Å². The Morgan fingerprint density at radius 3 is 1.70 bits per heavy atom. The van der Waals surface area contributed by atoms with Crippen molar-refractivity contribution in [1.29, 1.82) is 0 Å². The molecule has 0 radical (unpaired) electrons. The largest absolute Gasteiger partial charge is 0.507 e. The first kappa shape index (κ1) is 77.5. The molecule has 11 aromatic carbocycles. The van der Waals surface area contributed by atoms with Gasteiger partial charge >= 0.3 is 17.4 Å². The summed E-state index contributed by atoms with van der Waals surface area (Å²) in [6.07, 6.45) is 4.11. The highest BCUT2D eigenvalue weighted by molar-refractivity contribution is 7.21. The van der Waals surface area contributed by atoms with Crippen LogP contribution in [0.15, 0.2) is 229 Å². The lowest BCUT2D eigenvalue weighted by molar-refractivity contribution is -0.191. The predicted molar refractivity (Wildman–Crippen MR) is 419 cm³/mol. The first-order valence-electron chi connectivity index (χ1n) is 33.3. The topological polar surface area (TPSA) is 302 Å². The number of aryl methyl sites for hydroxylation is 4. The summed E-state index contributed by atoms with van der Waals surface area (Å²) in [7, 11) is 6.36. The maximum absolute atomic E-state index is 12.8. The number of fused-ring (bicyclic) bond motifs is 4. The lowest BCUT2D eigenvalue weighted by Gasteiger charge is -2.12. The Hall–Kier alpha value is -13.1. The van der Waals surface area contributed by atoms with Crippen LogP contribution in [0, 0.1) is 27.7 Å². The fourth-order valence-corrected chi connectivity index (χ4v) is 12.8. The van der Waals surface area contributed by atoms with E-state index >= 15 is 0 Å². The zero-order chi connectivity index (χ0) is 75.8. The summed E-state index contributed by atoms with van der Waals surface area (Å²) in [4.78, 5) is 77.4. The van der Waals surface area contributed by atoms with Crippen molar-refractivity contribution in [1.82, 2.24) is 15.0 Å². The number of aromatic hydroxyl groups is 1. The summed E-state index contributed by atoms with van der Waals surface area (Å²) in [5, 5.41) is 42.6. The number of aromatic nitrogens is 3. The van der Waals surface area contributed by atoms with Crippen LogP contribution in [0.3, 0.4) is 0 Å². The van der Waals surface area contributed by atoms with Crippen LogP contribution in [0.1, 0.15) is 73.4 Å². The Kier molecular flexibility index (Phi) is 25.6. The Labute approximate surface area is 624 Å². The number of aliphatic imine (C=N–C) groups is 2. The number of Topliss-reactive ketones (excluding diaryl/α,β-unsaturated/α-hetero) is 1. The van der Waals surface area contributed by atoms with Gasteiger partial charge in [0.1, 0.15) is 33.8 Å². The van der Waals surface area contributed by atoms with E-state index in [1.54, 1.807) is 113 Å². The molecule has 14 rings (SSSR count). The summed E-state index contributed by atoms with van der Waals surface area (Å²) in [5.74, 6) is 3.89. The number of aliphatic hydroxyl groups excluding tert-OH is 3. The number of hydrogen-bond donors (Lipinski definition) is 4. The third-order valence-electron chi connectivity index (χ3n) is 17.3. The molecule has 21 nitrogen and oxygen atoms in total. The minimum Gasteiger partial charge on any atom is -0.507 e. The molecule has 22 heteroatoms. The van der Waals surface area contributed by atoms with Gasteiger partial charge < -0.3 is 52.9 Å².